The monoisotopic (exact) mass is 374 g/mol. The summed E-state index contributed by atoms with van der Waals surface area (Å²) in [5.41, 5.74) is 1.04. The standard InChI is InChI=1S/C19H26N4O4/c1-15(24)16-4-2-3-5-17(16)20-18(25)14-21-6-8-22(9-7-21)19(26)23-10-12-27-13-11-23/h2-5H,6-14H2,1H3,(H,20,25). The number of anilines is 1. The molecule has 3 rings (SSSR count). The number of hydrogen-bond donors (Lipinski definition) is 1. The maximum atomic E-state index is 12.5. The Morgan fingerprint density at radius 3 is 2.26 bits per heavy atom. The van der Waals surface area contributed by atoms with Gasteiger partial charge >= 0.3 is 6.03 Å². The molecule has 0 radical (unpaired) electrons. The molecule has 1 aromatic carbocycles. The van der Waals surface area contributed by atoms with Crippen molar-refractivity contribution in [1.82, 2.24) is 14.7 Å². The van der Waals surface area contributed by atoms with Crippen LogP contribution < -0.4 is 5.32 Å². The Morgan fingerprint density at radius 1 is 0.963 bits per heavy atom. The third-order valence-corrected chi connectivity index (χ3v) is 4.87. The number of rotatable bonds is 4. The van der Waals surface area contributed by atoms with Crippen molar-refractivity contribution < 1.29 is 19.1 Å². The number of hydrogen-bond acceptors (Lipinski definition) is 5. The first-order valence-electron chi connectivity index (χ1n) is 9.28. The second kappa shape index (κ2) is 8.96. The van der Waals surface area contributed by atoms with Gasteiger partial charge < -0.3 is 19.9 Å². The van der Waals surface area contributed by atoms with Crippen LogP contribution in [0.1, 0.15) is 17.3 Å². The zero-order valence-electron chi connectivity index (χ0n) is 15.6. The number of nitrogens with zero attached hydrogens (tertiary/aromatic N) is 3. The molecule has 0 saturated carbocycles. The Hall–Kier alpha value is -2.45. The van der Waals surface area contributed by atoms with E-state index in [1.807, 2.05) is 14.7 Å². The van der Waals surface area contributed by atoms with Gasteiger partial charge in [-0.1, -0.05) is 12.1 Å². The normalized spacial score (nSPS) is 18.3. The van der Waals surface area contributed by atoms with E-state index in [1.165, 1.54) is 6.92 Å². The number of ether oxygens (including phenoxy) is 1. The Balaban J connectivity index is 1.47. The number of benzene rings is 1. The van der Waals surface area contributed by atoms with Gasteiger partial charge in [-0.25, -0.2) is 4.79 Å². The van der Waals surface area contributed by atoms with Crippen LogP contribution in [-0.4, -0.2) is 91.4 Å². The van der Waals surface area contributed by atoms with Gasteiger partial charge in [0.1, 0.15) is 0 Å². The smallest absolute Gasteiger partial charge is 0.320 e. The molecule has 0 aromatic heterocycles. The molecule has 2 aliphatic rings. The van der Waals surface area contributed by atoms with Crippen LogP contribution in [-0.2, 0) is 9.53 Å². The van der Waals surface area contributed by atoms with Crippen molar-refractivity contribution in [2.24, 2.45) is 0 Å². The van der Waals surface area contributed by atoms with E-state index in [2.05, 4.69) is 5.32 Å². The van der Waals surface area contributed by atoms with Crippen LogP contribution >= 0.6 is 0 Å². The van der Waals surface area contributed by atoms with Gasteiger partial charge in [0.25, 0.3) is 0 Å². The minimum Gasteiger partial charge on any atom is -0.378 e. The predicted octanol–water partition coefficient (Wildman–Crippen LogP) is 0.898. The van der Waals surface area contributed by atoms with Gasteiger partial charge in [-0.15, -0.1) is 0 Å². The van der Waals surface area contributed by atoms with Gasteiger partial charge in [0.2, 0.25) is 5.91 Å². The van der Waals surface area contributed by atoms with Gasteiger partial charge in [0, 0.05) is 44.8 Å². The molecule has 1 aromatic rings. The summed E-state index contributed by atoms with van der Waals surface area (Å²) in [4.78, 5) is 42.2. The number of para-hydroxylation sites is 1. The molecule has 2 aliphatic heterocycles. The van der Waals surface area contributed by atoms with Gasteiger partial charge in [0.15, 0.2) is 5.78 Å². The summed E-state index contributed by atoms with van der Waals surface area (Å²) < 4.78 is 5.28. The molecule has 3 amide bonds. The van der Waals surface area contributed by atoms with Crippen LogP contribution in [0.2, 0.25) is 0 Å². The number of amides is 3. The number of carbonyl (C=O) groups is 3. The van der Waals surface area contributed by atoms with E-state index in [0.717, 1.165) is 0 Å². The highest BCUT2D eigenvalue weighted by Crippen LogP contribution is 2.16. The fraction of sp³-hybridized carbons (Fsp3) is 0.526. The summed E-state index contributed by atoms with van der Waals surface area (Å²) in [5.74, 6) is -0.238. The maximum Gasteiger partial charge on any atom is 0.320 e. The molecule has 0 atom stereocenters. The molecule has 0 bridgehead atoms. The van der Waals surface area contributed by atoms with Gasteiger partial charge in [-0.2, -0.15) is 0 Å². The van der Waals surface area contributed by atoms with Crippen molar-refractivity contribution in [3.8, 4) is 0 Å². The quantitative estimate of drug-likeness (QED) is 0.792. The maximum absolute atomic E-state index is 12.5. The molecular formula is C19H26N4O4. The Bertz CT molecular complexity index is 695. The summed E-state index contributed by atoms with van der Waals surface area (Å²) >= 11 is 0. The minimum atomic E-state index is -0.156. The second-order valence-corrected chi connectivity index (χ2v) is 6.80. The first kappa shape index (κ1) is 19.3. The third kappa shape index (κ3) is 5.05. The molecule has 146 valence electrons. The largest absolute Gasteiger partial charge is 0.378 e. The number of morpholine rings is 1. The average molecular weight is 374 g/mol. The highest BCUT2D eigenvalue weighted by atomic mass is 16.5. The van der Waals surface area contributed by atoms with Crippen LogP contribution in [0.25, 0.3) is 0 Å². The number of piperazine rings is 1. The summed E-state index contributed by atoms with van der Waals surface area (Å²) in [6.07, 6.45) is 0. The van der Waals surface area contributed by atoms with Gasteiger partial charge in [0.05, 0.1) is 25.4 Å². The number of carbonyl (C=O) groups excluding carboxylic acids is 3. The van der Waals surface area contributed by atoms with Crippen molar-refractivity contribution in [3.05, 3.63) is 29.8 Å². The van der Waals surface area contributed by atoms with Crippen LogP contribution in [0.5, 0.6) is 0 Å². The van der Waals surface area contributed by atoms with E-state index >= 15 is 0 Å². The fourth-order valence-corrected chi connectivity index (χ4v) is 3.34. The molecule has 0 aliphatic carbocycles. The summed E-state index contributed by atoms with van der Waals surface area (Å²) in [5, 5.41) is 2.82. The molecule has 27 heavy (non-hydrogen) atoms. The van der Waals surface area contributed by atoms with Crippen molar-refractivity contribution in [2.75, 3.05) is 64.3 Å². The third-order valence-electron chi connectivity index (χ3n) is 4.87. The minimum absolute atomic E-state index is 0.0535. The number of urea groups is 1. The lowest BCUT2D eigenvalue weighted by Crippen LogP contribution is -2.55. The van der Waals surface area contributed by atoms with Crippen LogP contribution in [0.15, 0.2) is 24.3 Å². The SMILES string of the molecule is CC(=O)c1ccccc1NC(=O)CN1CCN(C(=O)N2CCOCC2)CC1. The average Bonchev–Trinajstić information content (AvgIpc) is 2.69. The fourth-order valence-electron chi connectivity index (χ4n) is 3.34. The molecule has 2 saturated heterocycles. The Labute approximate surface area is 159 Å². The topological polar surface area (TPSA) is 82.2 Å². The zero-order valence-corrected chi connectivity index (χ0v) is 15.6. The summed E-state index contributed by atoms with van der Waals surface area (Å²) in [7, 11) is 0. The molecule has 2 fully saturated rings. The lowest BCUT2D eigenvalue weighted by atomic mass is 10.1. The van der Waals surface area contributed by atoms with Crippen LogP contribution in [0, 0.1) is 0 Å². The molecule has 2 heterocycles. The van der Waals surface area contributed by atoms with E-state index in [0.29, 0.717) is 63.7 Å². The lowest BCUT2D eigenvalue weighted by molar-refractivity contribution is -0.117. The lowest BCUT2D eigenvalue weighted by Gasteiger charge is -2.38. The molecule has 8 heteroatoms. The van der Waals surface area contributed by atoms with Crippen molar-refractivity contribution in [2.45, 2.75) is 6.92 Å². The van der Waals surface area contributed by atoms with E-state index in [9.17, 15) is 14.4 Å². The van der Waals surface area contributed by atoms with Crippen molar-refractivity contribution >= 4 is 23.4 Å². The molecular weight excluding hydrogens is 348 g/mol. The van der Waals surface area contributed by atoms with E-state index < -0.39 is 0 Å². The predicted molar refractivity (Wildman–Crippen MR) is 101 cm³/mol. The number of nitrogens with one attached hydrogen (secondary N) is 1. The molecule has 0 spiro atoms. The van der Waals surface area contributed by atoms with Gasteiger partial charge in [-0.3, -0.25) is 14.5 Å². The molecule has 1 N–H and O–H groups in total. The van der Waals surface area contributed by atoms with Crippen molar-refractivity contribution in [3.63, 3.8) is 0 Å². The number of Topliss-reactive ketones (excluding diaryl/α,β-unsaturated/α-hetero) is 1. The van der Waals surface area contributed by atoms with E-state index in [-0.39, 0.29) is 24.3 Å². The van der Waals surface area contributed by atoms with Crippen molar-refractivity contribution in [1.29, 1.82) is 0 Å². The van der Waals surface area contributed by atoms with Gasteiger partial charge in [-0.05, 0) is 19.1 Å². The Kier molecular flexibility index (Phi) is 6.41. The summed E-state index contributed by atoms with van der Waals surface area (Å²) in [6.45, 7) is 6.69. The number of ketones is 1. The second-order valence-electron chi connectivity index (χ2n) is 6.80. The first-order chi connectivity index (χ1) is 13.0. The summed E-state index contributed by atoms with van der Waals surface area (Å²) in [6, 6.07) is 7.05. The zero-order chi connectivity index (χ0) is 19.2. The van der Waals surface area contributed by atoms with Crippen LogP contribution in [0.4, 0.5) is 10.5 Å². The molecule has 0 unspecified atom stereocenters. The van der Waals surface area contributed by atoms with E-state index in [4.69, 9.17) is 4.74 Å². The van der Waals surface area contributed by atoms with E-state index in [1.54, 1.807) is 24.3 Å². The highest BCUT2D eigenvalue weighted by Gasteiger charge is 2.27. The highest BCUT2D eigenvalue weighted by molar-refractivity contribution is 6.04. The molecule has 8 nitrogen and oxygen atoms in total. The Morgan fingerprint density at radius 2 is 1.59 bits per heavy atom. The van der Waals surface area contributed by atoms with Crippen LogP contribution in [0.3, 0.4) is 0 Å². The first-order valence-corrected chi connectivity index (χ1v) is 9.28.